The summed E-state index contributed by atoms with van der Waals surface area (Å²) in [4.78, 5) is 16.5. The number of nitriles is 1. The third kappa shape index (κ3) is 3.01. The van der Waals surface area contributed by atoms with Gasteiger partial charge >= 0.3 is 6.61 Å². The number of aryl methyl sites for hydroxylation is 1. The summed E-state index contributed by atoms with van der Waals surface area (Å²) in [6.07, 6.45) is 1.95. The molecule has 0 saturated heterocycles. The van der Waals surface area contributed by atoms with Crippen LogP contribution in [-0.4, -0.2) is 24.1 Å². The number of anilines is 1. The summed E-state index contributed by atoms with van der Waals surface area (Å²) in [6, 6.07) is 5.43. The minimum Gasteiger partial charge on any atom is -0.493 e. The van der Waals surface area contributed by atoms with E-state index in [0.29, 0.717) is 52.4 Å². The number of carbonyl (C=O) groups excluding carboxylic acids is 1. The molecule has 1 aromatic carbocycles. The van der Waals surface area contributed by atoms with E-state index in [-0.39, 0.29) is 17.0 Å². The van der Waals surface area contributed by atoms with Crippen molar-refractivity contribution in [2.45, 2.75) is 32.8 Å². The molecule has 2 aromatic rings. The van der Waals surface area contributed by atoms with Gasteiger partial charge in [-0.25, -0.2) is 4.98 Å². The zero-order chi connectivity index (χ0) is 21.6. The number of halogens is 2. The second-order valence-corrected chi connectivity index (χ2v) is 7.09. The Morgan fingerprint density at radius 2 is 2.20 bits per heavy atom. The molecule has 9 heteroatoms. The van der Waals surface area contributed by atoms with Crippen LogP contribution in [0, 0.1) is 18.3 Å². The Hall–Kier alpha value is -3.67. The highest BCUT2D eigenvalue weighted by Gasteiger charge is 2.39. The van der Waals surface area contributed by atoms with Crippen molar-refractivity contribution >= 4 is 11.6 Å². The van der Waals surface area contributed by atoms with Crippen LogP contribution < -0.4 is 20.5 Å². The topological polar surface area (TPSA) is 110 Å². The number of benzene rings is 1. The van der Waals surface area contributed by atoms with Gasteiger partial charge in [0.2, 0.25) is 11.8 Å². The predicted octanol–water partition coefficient (Wildman–Crippen LogP) is 3.11. The standard InChI is InChI=1S/C21H18F2N4O3/c1-9-8-26-20(30-21(22)23)16-15(14(19(25)28)10(2)27-17(9)16)13-4-3-11(7-24)12-5-6-29-18(12)13/h3-4,8,15,21,27H,5-6H2,1-2H3,(H2,25,28). The van der Waals surface area contributed by atoms with Crippen LogP contribution in [0.5, 0.6) is 11.6 Å². The third-order valence-corrected chi connectivity index (χ3v) is 5.35. The molecular formula is C21H18F2N4O3. The molecule has 4 rings (SSSR count). The minimum absolute atomic E-state index is 0.191. The number of nitrogens with two attached hydrogens (primary N) is 1. The van der Waals surface area contributed by atoms with Gasteiger partial charge in [0.25, 0.3) is 0 Å². The summed E-state index contributed by atoms with van der Waals surface area (Å²) >= 11 is 0. The molecule has 2 aliphatic rings. The Kier molecular flexibility index (Phi) is 4.78. The Labute approximate surface area is 171 Å². The predicted molar refractivity (Wildman–Crippen MR) is 103 cm³/mol. The van der Waals surface area contributed by atoms with E-state index < -0.39 is 18.4 Å². The number of allylic oxidation sites excluding steroid dienone is 1. The maximum Gasteiger partial charge on any atom is 0.388 e. The lowest BCUT2D eigenvalue weighted by molar-refractivity contribution is -0.114. The van der Waals surface area contributed by atoms with E-state index in [9.17, 15) is 18.8 Å². The number of nitrogens with one attached hydrogen (secondary N) is 1. The van der Waals surface area contributed by atoms with Gasteiger partial charge in [-0.1, -0.05) is 6.07 Å². The zero-order valence-corrected chi connectivity index (χ0v) is 16.3. The SMILES string of the molecule is CC1=C(C(N)=O)C(c2ccc(C#N)c3c2OCC3)c2c(OC(F)F)ncc(C)c2N1. The smallest absolute Gasteiger partial charge is 0.388 e. The number of alkyl halides is 2. The average Bonchev–Trinajstić information content (AvgIpc) is 3.18. The van der Waals surface area contributed by atoms with E-state index in [1.165, 1.54) is 6.20 Å². The van der Waals surface area contributed by atoms with Crippen LogP contribution >= 0.6 is 0 Å². The molecule has 0 fully saturated rings. The maximum absolute atomic E-state index is 13.1. The molecule has 1 unspecified atom stereocenters. The summed E-state index contributed by atoms with van der Waals surface area (Å²) in [5.41, 5.74) is 9.58. The molecule has 0 saturated carbocycles. The number of carbonyl (C=O) groups is 1. The molecule has 0 radical (unpaired) electrons. The van der Waals surface area contributed by atoms with E-state index in [0.717, 1.165) is 0 Å². The fourth-order valence-corrected chi connectivity index (χ4v) is 4.13. The van der Waals surface area contributed by atoms with E-state index in [1.807, 2.05) is 0 Å². The van der Waals surface area contributed by atoms with Crippen LogP contribution in [0.3, 0.4) is 0 Å². The molecule has 7 nitrogen and oxygen atoms in total. The van der Waals surface area contributed by atoms with Crippen molar-refractivity contribution in [3.63, 3.8) is 0 Å². The first-order valence-corrected chi connectivity index (χ1v) is 9.24. The van der Waals surface area contributed by atoms with E-state index in [2.05, 4.69) is 16.4 Å². The monoisotopic (exact) mass is 412 g/mol. The van der Waals surface area contributed by atoms with Crippen LogP contribution in [0.1, 0.15) is 40.7 Å². The number of primary amides is 1. The number of ether oxygens (including phenoxy) is 2. The lowest BCUT2D eigenvalue weighted by Crippen LogP contribution is -2.29. The van der Waals surface area contributed by atoms with Crippen LogP contribution in [0.15, 0.2) is 29.6 Å². The van der Waals surface area contributed by atoms with E-state index in [1.54, 1.807) is 26.0 Å². The van der Waals surface area contributed by atoms with Crippen molar-refractivity contribution in [2.75, 3.05) is 11.9 Å². The molecule has 154 valence electrons. The molecule has 1 atom stereocenters. The quantitative estimate of drug-likeness (QED) is 0.798. The van der Waals surface area contributed by atoms with E-state index in [4.69, 9.17) is 15.2 Å². The van der Waals surface area contributed by atoms with Crippen LogP contribution in [0.25, 0.3) is 0 Å². The molecule has 3 heterocycles. The average molecular weight is 412 g/mol. The third-order valence-electron chi connectivity index (χ3n) is 5.35. The van der Waals surface area contributed by atoms with Crippen molar-refractivity contribution in [1.82, 2.24) is 4.98 Å². The molecule has 3 N–H and O–H groups in total. The number of pyridine rings is 1. The first-order valence-electron chi connectivity index (χ1n) is 9.24. The van der Waals surface area contributed by atoms with Crippen molar-refractivity contribution in [3.05, 3.63) is 57.4 Å². The number of rotatable bonds is 4. The van der Waals surface area contributed by atoms with E-state index >= 15 is 0 Å². The number of nitrogens with zero attached hydrogens (tertiary/aromatic N) is 2. The van der Waals surface area contributed by atoms with Gasteiger partial charge in [0, 0.05) is 35.0 Å². The summed E-state index contributed by atoms with van der Waals surface area (Å²) in [5, 5.41) is 12.5. The molecule has 0 bridgehead atoms. The summed E-state index contributed by atoms with van der Waals surface area (Å²) < 4.78 is 36.7. The lowest BCUT2D eigenvalue weighted by Gasteiger charge is -2.32. The summed E-state index contributed by atoms with van der Waals surface area (Å²) in [7, 11) is 0. The van der Waals surface area contributed by atoms with Gasteiger partial charge in [-0.15, -0.1) is 0 Å². The van der Waals surface area contributed by atoms with Gasteiger partial charge in [0.05, 0.1) is 35.4 Å². The Morgan fingerprint density at radius 1 is 1.43 bits per heavy atom. The molecule has 0 aliphatic carbocycles. The Bertz CT molecular complexity index is 1140. The van der Waals surface area contributed by atoms with Crippen LogP contribution in [-0.2, 0) is 11.2 Å². The molecule has 30 heavy (non-hydrogen) atoms. The van der Waals surface area contributed by atoms with Gasteiger partial charge in [-0.3, -0.25) is 4.79 Å². The second-order valence-electron chi connectivity index (χ2n) is 7.09. The van der Waals surface area contributed by atoms with Gasteiger partial charge in [0.1, 0.15) is 5.75 Å². The summed E-state index contributed by atoms with van der Waals surface area (Å²) in [6.45, 7) is 0.732. The van der Waals surface area contributed by atoms with Gasteiger partial charge in [-0.05, 0) is 25.5 Å². The molecule has 1 amide bonds. The van der Waals surface area contributed by atoms with Gasteiger partial charge < -0.3 is 20.5 Å². The second kappa shape index (κ2) is 7.30. The highest BCUT2D eigenvalue weighted by Crippen LogP contribution is 2.50. The first kappa shape index (κ1) is 19.6. The minimum atomic E-state index is -3.10. The van der Waals surface area contributed by atoms with Crippen molar-refractivity contribution in [2.24, 2.45) is 5.73 Å². The Balaban J connectivity index is 2.04. The normalized spacial score (nSPS) is 17.0. The van der Waals surface area contributed by atoms with Gasteiger partial charge in [0.15, 0.2) is 0 Å². The zero-order valence-electron chi connectivity index (χ0n) is 16.3. The number of aromatic nitrogens is 1. The number of hydrogen-bond donors (Lipinski definition) is 2. The number of hydrogen-bond acceptors (Lipinski definition) is 6. The van der Waals surface area contributed by atoms with Gasteiger partial charge in [-0.2, -0.15) is 14.0 Å². The molecule has 1 aromatic heterocycles. The first-order chi connectivity index (χ1) is 14.3. The lowest BCUT2D eigenvalue weighted by atomic mass is 9.79. The largest absolute Gasteiger partial charge is 0.493 e. The van der Waals surface area contributed by atoms with Crippen molar-refractivity contribution < 1.29 is 23.0 Å². The molecule has 0 spiro atoms. The summed E-state index contributed by atoms with van der Waals surface area (Å²) in [5.74, 6) is -1.40. The molecule has 2 aliphatic heterocycles. The van der Waals surface area contributed by atoms with Crippen LogP contribution in [0.2, 0.25) is 0 Å². The highest BCUT2D eigenvalue weighted by molar-refractivity contribution is 5.98. The number of amides is 1. The molecular weight excluding hydrogens is 394 g/mol. The number of fused-ring (bicyclic) bond motifs is 2. The maximum atomic E-state index is 13.1. The van der Waals surface area contributed by atoms with Crippen molar-refractivity contribution in [3.8, 4) is 17.7 Å². The fourth-order valence-electron chi connectivity index (χ4n) is 4.13. The van der Waals surface area contributed by atoms with Crippen LogP contribution in [0.4, 0.5) is 14.5 Å². The highest BCUT2D eigenvalue weighted by atomic mass is 19.3. The Morgan fingerprint density at radius 3 is 2.87 bits per heavy atom. The fraction of sp³-hybridized carbons (Fsp3) is 0.286. The van der Waals surface area contributed by atoms with Crippen molar-refractivity contribution in [1.29, 1.82) is 5.26 Å².